The summed E-state index contributed by atoms with van der Waals surface area (Å²) >= 11 is 12.1. The summed E-state index contributed by atoms with van der Waals surface area (Å²) in [6, 6.07) is 13.8. The largest absolute Gasteiger partial charge is 0.435 e. The molecule has 4 rings (SSSR count). The van der Waals surface area contributed by atoms with Gasteiger partial charge in [-0.25, -0.2) is 4.68 Å². The number of nitrogens with zero attached hydrogens (tertiary/aromatic N) is 3. The van der Waals surface area contributed by atoms with Crippen LogP contribution in [0.4, 0.5) is 13.2 Å². The average Bonchev–Trinajstić information content (AvgIpc) is 3.24. The normalized spacial score (nSPS) is 12.4. The van der Waals surface area contributed by atoms with Crippen LogP contribution < -0.4 is 5.32 Å². The highest BCUT2D eigenvalue weighted by Crippen LogP contribution is 2.42. The molecule has 0 aliphatic rings. The van der Waals surface area contributed by atoms with Gasteiger partial charge in [-0.2, -0.15) is 18.3 Å². The Morgan fingerprint density at radius 3 is 2.35 bits per heavy atom. The summed E-state index contributed by atoms with van der Waals surface area (Å²) in [5, 5.41) is 6.62. The highest BCUT2D eigenvalue weighted by molar-refractivity contribution is 7.84. The summed E-state index contributed by atoms with van der Waals surface area (Å²) < 4.78 is 56.0. The van der Waals surface area contributed by atoms with E-state index >= 15 is 0 Å². The molecule has 0 fully saturated rings. The fourth-order valence-corrected chi connectivity index (χ4v) is 5.22. The van der Waals surface area contributed by atoms with Crippen molar-refractivity contribution in [3.05, 3.63) is 93.4 Å². The number of pyridine rings is 1. The lowest BCUT2D eigenvalue weighted by Crippen LogP contribution is -2.24. The van der Waals surface area contributed by atoms with Crippen molar-refractivity contribution < 1.29 is 22.2 Å². The number of alkyl halides is 3. The summed E-state index contributed by atoms with van der Waals surface area (Å²) in [4.78, 5) is 16.9. The number of hydrogen-bond acceptors (Lipinski definition) is 4. The molecular formula is C25H19Cl2F3N4O2S. The Kier molecular flexibility index (Phi) is 7.72. The zero-order valence-corrected chi connectivity index (χ0v) is 21.8. The SMILES string of the molecule is Cc1cc(-n2nc(C(F)(F)F)c(-c3cc(Cl)cc(Cl)c3)c2S(C)=O)ccc1C(=O)NCc1ccccn1. The van der Waals surface area contributed by atoms with Gasteiger partial charge in [0.2, 0.25) is 0 Å². The molecule has 0 aliphatic heterocycles. The van der Waals surface area contributed by atoms with Crippen molar-refractivity contribution in [1.29, 1.82) is 0 Å². The molecule has 2 heterocycles. The van der Waals surface area contributed by atoms with Crippen molar-refractivity contribution in [3.8, 4) is 16.8 Å². The number of benzene rings is 2. The number of nitrogens with one attached hydrogen (secondary N) is 1. The lowest BCUT2D eigenvalue weighted by molar-refractivity contribution is -0.140. The minimum absolute atomic E-state index is 0.0310. The molecule has 1 unspecified atom stereocenters. The van der Waals surface area contributed by atoms with Crippen molar-refractivity contribution in [2.75, 3.05) is 6.26 Å². The number of halogens is 5. The summed E-state index contributed by atoms with van der Waals surface area (Å²) in [6.07, 6.45) is -1.98. The molecule has 4 aromatic rings. The number of hydrogen-bond donors (Lipinski definition) is 1. The van der Waals surface area contributed by atoms with Crippen LogP contribution in [-0.2, 0) is 23.5 Å². The van der Waals surface area contributed by atoms with E-state index in [1.807, 2.05) is 0 Å². The molecule has 0 saturated carbocycles. The number of aromatic nitrogens is 3. The maximum absolute atomic E-state index is 14.1. The second-order valence-corrected chi connectivity index (χ2v) is 10.2. The van der Waals surface area contributed by atoms with Crippen LogP contribution in [-0.4, -0.2) is 31.1 Å². The molecule has 0 spiro atoms. The first-order valence-electron chi connectivity index (χ1n) is 10.7. The van der Waals surface area contributed by atoms with E-state index in [1.165, 1.54) is 42.7 Å². The Morgan fingerprint density at radius 1 is 1.08 bits per heavy atom. The van der Waals surface area contributed by atoms with Gasteiger partial charge in [0, 0.05) is 33.6 Å². The Morgan fingerprint density at radius 2 is 1.78 bits per heavy atom. The molecular weight excluding hydrogens is 548 g/mol. The summed E-state index contributed by atoms with van der Waals surface area (Å²) in [5.74, 6) is -0.375. The standard InChI is InChI=1S/C25H19Cl2F3N4O2S/c1-14-9-19(6-7-20(14)23(35)32-13-18-5-3-4-8-31-18)34-24(37(2)36)21(22(33-34)25(28,29)30)15-10-16(26)12-17(27)11-15/h3-12H,13H2,1-2H3,(H,32,35). The first-order valence-corrected chi connectivity index (χ1v) is 13.1. The number of amides is 1. The van der Waals surface area contributed by atoms with Gasteiger partial charge in [0.1, 0.15) is 5.03 Å². The quantitative estimate of drug-likeness (QED) is 0.300. The minimum Gasteiger partial charge on any atom is -0.346 e. The van der Waals surface area contributed by atoms with E-state index in [0.717, 1.165) is 4.68 Å². The monoisotopic (exact) mass is 566 g/mol. The van der Waals surface area contributed by atoms with E-state index in [0.29, 0.717) is 16.8 Å². The van der Waals surface area contributed by atoms with Crippen molar-refractivity contribution in [2.24, 2.45) is 0 Å². The van der Waals surface area contributed by atoms with Crippen molar-refractivity contribution in [1.82, 2.24) is 20.1 Å². The molecule has 2 aromatic heterocycles. The molecule has 1 amide bonds. The Balaban J connectivity index is 1.78. The summed E-state index contributed by atoms with van der Waals surface area (Å²) in [7, 11) is -1.90. The van der Waals surface area contributed by atoms with Crippen LogP contribution >= 0.6 is 23.2 Å². The Labute approximate surface area is 222 Å². The minimum atomic E-state index is -4.86. The zero-order chi connectivity index (χ0) is 26.9. The molecule has 12 heteroatoms. The lowest BCUT2D eigenvalue weighted by atomic mass is 10.1. The Hall–Kier alpha value is -3.21. The molecule has 0 radical (unpaired) electrons. The third-order valence-corrected chi connectivity index (χ3v) is 6.75. The second kappa shape index (κ2) is 10.6. The van der Waals surface area contributed by atoms with Gasteiger partial charge in [-0.05, 0) is 66.6 Å². The molecule has 37 heavy (non-hydrogen) atoms. The number of aryl methyl sites for hydroxylation is 1. The summed E-state index contributed by atoms with van der Waals surface area (Å²) in [6.45, 7) is 1.85. The molecule has 1 N–H and O–H groups in total. The number of rotatable bonds is 6. The maximum Gasteiger partial charge on any atom is 0.435 e. The summed E-state index contributed by atoms with van der Waals surface area (Å²) in [5.41, 5.74) is 0.102. The van der Waals surface area contributed by atoms with Crippen LogP contribution in [0.1, 0.15) is 27.3 Å². The molecule has 0 aliphatic carbocycles. The average molecular weight is 567 g/mol. The van der Waals surface area contributed by atoms with E-state index in [4.69, 9.17) is 23.2 Å². The van der Waals surface area contributed by atoms with Gasteiger partial charge in [0.15, 0.2) is 5.69 Å². The third kappa shape index (κ3) is 5.87. The van der Waals surface area contributed by atoms with E-state index in [1.54, 1.807) is 31.3 Å². The van der Waals surface area contributed by atoms with E-state index in [-0.39, 0.29) is 44.3 Å². The predicted octanol–water partition coefficient (Wildman–Crippen LogP) is 6.24. The van der Waals surface area contributed by atoms with Crippen molar-refractivity contribution in [2.45, 2.75) is 24.7 Å². The van der Waals surface area contributed by atoms with Crippen molar-refractivity contribution >= 4 is 39.9 Å². The smallest absolute Gasteiger partial charge is 0.346 e. The molecule has 1 atom stereocenters. The zero-order valence-electron chi connectivity index (χ0n) is 19.4. The molecule has 2 aromatic carbocycles. The van der Waals surface area contributed by atoms with Gasteiger partial charge in [-0.15, -0.1) is 0 Å². The van der Waals surface area contributed by atoms with Crippen LogP contribution in [0.25, 0.3) is 16.8 Å². The molecule has 192 valence electrons. The van der Waals surface area contributed by atoms with Crippen LogP contribution in [0.3, 0.4) is 0 Å². The van der Waals surface area contributed by atoms with Gasteiger partial charge in [0.25, 0.3) is 5.91 Å². The molecule has 0 bridgehead atoms. The van der Waals surface area contributed by atoms with Gasteiger partial charge in [-0.3, -0.25) is 14.0 Å². The fraction of sp³-hybridized carbons (Fsp3) is 0.160. The van der Waals surface area contributed by atoms with E-state index in [2.05, 4.69) is 15.4 Å². The molecule has 6 nitrogen and oxygen atoms in total. The molecule has 0 saturated heterocycles. The van der Waals surface area contributed by atoms with E-state index < -0.39 is 22.7 Å². The first kappa shape index (κ1) is 26.8. The predicted molar refractivity (Wildman–Crippen MR) is 136 cm³/mol. The van der Waals surface area contributed by atoms with Gasteiger partial charge in [-0.1, -0.05) is 29.3 Å². The topological polar surface area (TPSA) is 76.9 Å². The van der Waals surface area contributed by atoms with Gasteiger partial charge >= 0.3 is 6.18 Å². The fourth-order valence-electron chi connectivity index (χ4n) is 3.80. The number of carbonyl (C=O) groups is 1. The second-order valence-electron chi connectivity index (χ2n) is 8.05. The van der Waals surface area contributed by atoms with Crippen LogP contribution in [0.2, 0.25) is 10.0 Å². The third-order valence-electron chi connectivity index (χ3n) is 5.39. The Bertz CT molecular complexity index is 1490. The first-order chi connectivity index (χ1) is 17.5. The highest BCUT2D eigenvalue weighted by Gasteiger charge is 2.41. The van der Waals surface area contributed by atoms with Gasteiger partial charge < -0.3 is 5.32 Å². The van der Waals surface area contributed by atoms with Gasteiger partial charge in [0.05, 0.1) is 28.7 Å². The van der Waals surface area contributed by atoms with Crippen molar-refractivity contribution in [3.63, 3.8) is 0 Å². The maximum atomic E-state index is 14.1. The van der Waals surface area contributed by atoms with Crippen LogP contribution in [0.15, 0.2) is 65.8 Å². The van der Waals surface area contributed by atoms with Crippen LogP contribution in [0.5, 0.6) is 0 Å². The lowest BCUT2D eigenvalue weighted by Gasteiger charge is -2.12. The van der Waals surface area contributed by atoms with E-state index in [9.17, 15) is 22.2 Å². The highest BCUT2D eigenvalue weighted by atomic mass is 35.5. The van der Waals surface area contributed by atoms with Crippen LogP contribution in [0, 0.1) is 6.92 Å². The number of carbonyl (C=O) groups excluding carboxylic acids is 1.